The average Bonchev–Trinajstić information content (AvgIpc) is 2.69. The van der Waals surface area contributed by atoms with Gasteiger partial charge in [0.05, 0.1) is 12.1 Å². The van der Waals surface area contributed by atoms with Gasteiger partial charge in [0.25, 0.3) is 0 Å². The van der Waals surface area contributed by atoms with E-state index in [0.29, 0.717) is 22.4 Å². The molecule has 0 aliphatic heterocycles. The van der Waals surface area contributed by atoms with Crippen LogP contribution in [0.15, 0.2) is 45.6 Å². The van der Waals surface area contributed by atoms with Crippen molar-refractivity contribution in [1.29, 1.82) is 0 Å². The summed E-state index contributed by atoms with van der Waals surface area (Å²) in [5.41, 5.74) is 7.89. The summed E-state index contributed by atoms with van der Waals surface area (Å²) in [6.45, 7) is 0.189. The van der Waals surface area contributed by atoms with Crippen LogP contribution in [0.3, 0.4) is 0 Å². The van der Waals surface area contributed by atoms with Crippen molar-refractivity contribution < 1.29 is 8.81 Å². The molecule has 0 amide bonds. The lowest BCUT2D eigenvalue weighted by atomic mass is 10.2. The van der Waals surface area contributed by atoms with Crippen LogP contribution in [-0.4, -0.2) is 4.57 Å². The lowest BCUT2D eigenvalue weighted by molar-refractivity contribution is 0.517. The molecule has 6 heteroatoms. The van der Waals surface area contributed by atoms with E-state index in [-0.39, 0.29) is 11.6 Å². The number of anilines is 1. The fraction of sp³-hybridized carbons (Fsp3) is 0.0714. The molecule has 2 N–H and O–H groups in total. The minimum Gasteiger partial charge on any atom is -0.408 e. The molecule has 0 fully saturated rings. The summed E-state index contributed by atoms with van der Waals surface area (Å²) in [4.78, 5) is 11.9. The van der Waals surface area contributed by atoms with Crippen LogP contribution in [0.25, 0.3) is 11.1 Å². The Hall–Kier alpha value is -2.27. The Bertz CT molecular complexity index is 854. The van der Waals surface area contributed by atoms with Crippen molar-refractivity contribution in [3.05, 3.63) is 63.4 Å². The second kappa shape index (κ2) is 4.68. The van der Waals surface area contributed by atoms with Crippen molar-refractivity contribution in [1.82, 2.24) is 4.57 Å². The van der Waals surface area contributed by atoms with Crippen molar-refractivity contribution in [2.24, 2.45) is 0 Å². The van der Waals surface area contributed by atoms with Gasteiger partial charge in [0.2, 0.25) is 0 Å². The van der Waals surface area contributed by atoms with Crippen LogP contribution in [0.1, 0.15) is 5.56 Å². The monoisotopic (exact) mass is 292 g/mol. The standard InChI is InChI=1S/C14H10ClFN2O2/c15-11-5-9(16)2-1-8(11)7-18-12-6-10(17)3-4-13(12)20-14(18)19/h1-6H,7,17H2. The van der Waals surface area contributed by atoms with Crippen LogP contribution in [0.2, 0.25) is 5.02 Å². The third-order valence-corrected chi connectivity index (χ3v) is 3.39. The Kier molecular flexibility index (Phi) is 2.99. The van der Waals surface area contributed by atoms with E-state index in [1.807, 2.05) is 0 Å². The first-order valence-corrected chi connectivity index (χ1v) is 6.25. The van der Waals surface area contributed by atoms with Crippen LogP contribution in [0.4, 0.5) is 10.1 Å². The van der Waals surface area contributed by atoms with E-state index >= 15 is 0 Å². The Morgan fingerprint density at radius 2 is 2.05 bits per heavy atom. The van der Waals surface area contributed by atoms with Crippen LogP contribution in [-0.2, 0) is 6.54 Å². The predicted octanol–water partition coefficient (Wildman–Crippen LogP) is 3.02. The molecule has 0 atom stereocenters. The second-order valence-electron chi connectivity index (χ2n) is 4.42. The maximum atomic E-state index is 13.0. The number of hydrogen-bond acceptors (Lipinski definition) is 3. The Morgan fingerprint density at radius 3 is 2.80 bits per heavy atom. The van der Waals surface area contributed by atoms with Crippen LogP contribution in [0, 0.1) is 5.82 Å². The minimum atomic E-state index is -0.508. The number of rotatable bonds is 2. The quantitative estimate of drug-likeness (QED) is 0.739. The number of benzene rings is 2. The lowest BCUT2D eigenvalue weighted by Gasteiger charge is -2.05. The zero-order valence-corrected chi connectivity index (χ0v) is 11.0. The van der Waals surface area contributed by atoms with Gasteiger partial charge in [-0.1, -0.05) is 17.7 Å². The van der Waals surface area contributed by atoms with Crippen molar-refractivity contribution in [3.63, 3.8) is 0 Å². The molecule has 4 nitrogen and oxygen atoms in total. The Labute approximate surface area is 118 Å². The summed E-state index contributed by atoms with van der Waals surface area (Å²) < 4.78 is 19.6. The van der Waals surface area contributed by atoms with E-state index in [4.69, 9.17) is 21.8 Å². The third kappa shape index (κ3) is 2.16. The van der Waals surface area contributed by atoms with Gasteiger partial charge in [0.15, 0.2) is 5.58 Å². The van der Waals surface area contributed by atoms with E-state index in [0.717, 1.165) is 0 Å². The number of nitrogens with two attached hydrogens (primary N) is 1. The van der Waals surface area contributed by atoms with Gasteiger partial charge in [-0.25, -0.2) is 9.18 Å². The highest BCUT2D eigenvalue weighted by Crippen LogP contribution is 2.21. The molecule has 0 spiro atoms. The Balaban J connectivity index is 2.12. The molecule has 1 heterocycles. The molecule has 0 aliphatic carbocycles. The normalized spacial score (nSPS) is 11.1. The number of fused-ring (bicyclic) bond motifs is 1. The van der Waals surface area contributed by atoms with Crippen LogP contribution in [0.5, 0.6) is 0 Å². The van der Waals surface area contributed by atoms with Gasteiger partial charge in [-0.15, -0.1) is 0 Å². The van der Waals surface area contributed by atoms with Gasteiger partial charge in [-0.3, -0.25) is 4.57 Å². The van der Waals surface area contributed by atoms with Crippen LogP contribution >= 0.6 is 11.6 Å². The zero-order valence-electron chi connectivity index (χ0n) is 10.3. The van der Waals surface area contributed by atoms with Gasteiger partial charge in [-0.2, -0.15) is 0 Å². The summed E-state index contributed by atoms with van der Waals surface area (Å²) in [7, 11) is 0. The maximum Gasteiger partial charge on any atom is 0.420 e. The van der Waals surface area contributed by atoms with E-state index in [9.17, 15) is 9.18 Å². The molecule has 3 aromatic rings. The maximum absolute atomic E-state index is 13.0. The van der Waals surface area contributed by atoms with Crippen molar-refractivity contribution in [2.45, 2.75) is 6.54 Å². The van der Waals surface area contributed by atoms with Gasteiger partial charge in [-0.05, 0) is 35.9 Å². The highest BCUT2D eigenvalue weighted by molar-refractivity contribution is 6.31. The predicted molar refractivity (Wildman–Crippen MR) is 75.4 cm³/mol. The molecular formula is C14H10ClFN2O2. The topological polar surface area (TPSA) is 61.2 Å². The summed E-state index contributed by atoms with van der Waals surface area (Å²) in [5, 5.41) is 0.259. The fourth-order valence-corrected chi connectivity index (χ4v) is 2.28. The van der Waals surface area contributed by atoms with Crippen LogP contribution < -0.4 is 11.5 Å². The molecule has 0 bridgehead atoms. The molecule has 0 radical (unpaired) electrons. The third-order valence-electron chi connectivity index (χ3n) is 3.04. The minimum absolute atomic E-state index is 0.189. The zero-order chi connectivity index (χ0) is 14.3. The molecule has 2 aromatic carbocycles. The second-order valence-corrected chi connectivity index (χ2v) is 4.82. The van der Waals surface area contributed by atoms with Gasteiger partial charge in [0, 0.05) is 10.7 Å². The first-order valence-electron chi connectivity index (χ1n) is 5.87. The van der Waals surface area contributed by atoms with E-state index in [1.54, 1.807) is 18.2 Å². The number of nitrogens with zero attached hydrogens (tertiary/aromatic N) is 1. The summed E-state index contributed by atoms with van der Waals surface area (Å²) >= 11 is 5.97. The molecular weight excluding hydrogens is 283 g/mol. The number of hydrogen-bond donors (Lipinski definition) is 1. The summed E-state index contributed by atoms with van der Waals surface area (Å²) in [5.74, 6) is -0.932. The molecule has 102 valence electrons. The van der Waals surface area contributed by atoms with E-state index < -0.39 is 11.6 Å². The number of halogens is 2. The molecule has 1 aromatic heterocycles. The first-order chi connectivity index (χ1) is 9.54. The average molecular weight is 293 g/mol. The molecule has 0 saturated heterocycles. The first kappa shape index (κ1) is 12.7. The number of nitrogen functional groups attached to an aromatic ring is 1. The number of oxazole rings is 1. The Morgan fingerprint density at radius 1 is 1.25 bits per heavy atom. The summed E-state index contributed by atoms with van der Waals surface area (Å²) in [6, 6.07) is 8.98. The van der Waals surface area contributed by atoms with Gasteiger partial charge >= 0.3 is 5.76 Å². The van der Waals surface area contributed by atoms with Crippen molar-refractivity contribution >= 4 is 28.4 Å². The number of aromatic nitrogens is 1. The van der Waals surface area contributed by atoms with Crippen molar-refractivity contribution in [2.75, 3.05) is 5.73 Å². The van der Waals surface area contributed by atoms with E-state index in [1.165, 1.54) is 22.8 Å². The SMILES string of the molecule is Nc1ccc2oc(=O)n(Cc3ccc(F)cc3Cl)c2c1. The summed E-state index contributed by atoms with van der Waals surface area (Å²) in [6.07, 6.45) is 0. The van der Waals surface area contributed by atoms with E-state index in [2.05, 4.69) is 0 Å². The molecule has 0 saturated carbocycles. The molecule has 20 heavy (non-hydrogen) atoms. The highest BCUT2D eigenvalue weighted by Gasteiger charge is 2.11. The smallest absolute Gasteiger partial charge is 0.408 e. The lowest BCUT2D eigenvalue weighted by Crippen LogP contribution is -2.15. The highest BCUT2D eigenvalue weighted by atomic mass is 35.5. The molecule has 3 rings (SSSR count). The largest absolute Gasteiger partial charge is 0.420 e. The van der Waals surface area contributed by atoms with Gasteiger partial charge < -0.3 is 10.2 Å². The van der Waals surface area contributed by atoms with Crippen molar-refractivity contribution in [3.8, 4) is 0 Å². The molecule has 0 unspecified atom stereocenters. The van der Waals surface area contributed by atoms with Gasteiger partial charge in [0.1, 0.15) is 5.82 Å². The fourth-order valence-electron chi connectivity index (χ4n) is 2.05. The molecule has 0 aliphatic rings.